The molecule has 6 rings (SSSR count). The van der Waals surface area contributed by atoms with Crippen molar-refractivity contribution in [3.63, 3.8) is 0 Å². The molecular formula is C32H28N2O7Se. The van der Waals surface area contributed by atoms with Gasteiger partial charge in [-0.05, 0) is 0 Å². The number of benzene rings is 3. The van der Waals surface area contributed by atoms with E-state index in [1.54, 1.807) is 24.3 Å². The summed E-state index contributed by atoms with van der Waals surface area (Å²) in [4.78, 5) is 39.6. The van der Waals surface area contributed by atoms with E-state index in [-0.39, 0.29) is 19.8 Å². The van der Waals surface area contributed by atoms with Gasteiger partial charge in [-0.3, -0.25) is 0 Å². The molecule has 9 nitrogen and oxygen atoms in total. The van der Waals surface area contributed by atoms with E-state index in [4.69, 9.17) is 14.2 Å². The van der Waals surface area contributed by atoms with Gasteiger partial charge in [0.05, 0.1) is 0 Å². The molecular weight excluding hydrogens is 603 g/mol. The summed E-state index contributed by atoms with van der Waals surface area (Å²) < 4.78 is 21.2. The third-order valence-electron chi connectivity index (χ3n) is 7.21. The van der Waals surface area contributed by atoms with Gasteiger partial charge in [0.2, 0.25) is 0 Å². The monoisotopic (exact) mass is 632 g/mol. The molecule has 7 atom stereocenters. The molecule has 0 unspecified atom stereocenters. The topological polar surface area (TPSA) is 120 Å². The molecule has 4 aromatic rings. The summed E-state index contributed by atoms with van der Waals surface area (Å²) in [5.74, 6) is -0.524. The van der Waals surface area contributed by atoms with Crippen molar-refractivity contribution >= 4 is 31.5 Å². The van der Waals surface area contributed by atoms with Crippen molar-refractivity contribution < 1.29 is 24.1 Å². The van der Waals surface area contributed by atoms with E-state index >= 15 is 0 Å². The van der Waals surface area contributed by atoms with Crippen LogP contribution in [0.15, 0.2) is 119 Å². The number of fused-ring (bicyclic) bond motifs is 1. The number of rotatable bonds is 7. The van der Waals surface area contributed by atoms with Crippen molar-refractivity contribution in [2.75, 3.05) is 0 Å². The quantitative estimate of drug-likeness (QED) is 0.238. The van der Waals surface area contributed by atoms with Crippen LogP contribution in [0.3, 0.4) is 0 Å². The first-order valence-corrected chi connectivity index (χ1v) is 15.3. The van der Waals surface area contributed by atoms with Gasteiger partial charge in [0.1, 0.15) is 0 Å². The van der Waals surface area contributed by atoms with Gasteiger partial charge >= 0.3 is 248 Å². The predicted molar refractivity (Wildman–Crippen MR) is 157 cm³/mol. The van der Waals surface area contributed by atoms with Crippen LogP contribution < -0.4 is 15.7 Å². The van der Waals surface area contributed by atoms with E-state index in [1.807, 2.05) is 78.9 Å². The first-order valence-electron chi connectivity index (χ1n) is 13.5. The Balaban J connectivity index is 1.41. The van der Waals surface area contributed by atoms with Crippen molar-refractivity contribution in [3.8, 4) is 0 Å². The van der Waals surface area contributed by atoms with Gasteiger partial charge in [-0.2, -0.15) is 0 Å². The molecule has 0 aliphatic carbocycles. The van der Waals surface area contributed by atoms with E-state index in [0.717, 1.165) is 14.6 Å². The molecule has 0 radical (unpaired) electrons. The third kappa shape index (κ3) is 5.94. The van der Waals surface area contributed by atoms with Gasteiger partial charge in [-0.1, -0.05) is 0 Å². The average molecular weight is 632 g/mol. The van der Waals surface area contributed by atoms with Crippen molar-refractivity contribution in [2.45, 2.75) is 41.6 Å². The minimum atomic E-state index is -1.28. The third-order valence-corrected chi connectivity index (χ3v) is 10.0. The summed E-state index contributed by atoms with van der Waals surface area (Å²) in [6.07, 6.45) is -0.472. The van der Waals surface area contributed by atoms with Gasteiger partial charge in [0.15, 0.2) is 0 Å². The maximum absolute atomic E-state index is 13.4. The number of hydrogen-bond acceptors (Lipinski definition) is 7. The van der Waals surface area contributed by atoms with Crippen LogP contribution in [-0.2, 0) is 14.2 Å². The van der Waals surface area contributed by atoms with Crippen molar-refractivity contribution in [1.82, 2.24) is 9.55 Å². The summed E-state index contributed by atoms with van der Waals surface area (Å²) in [6.45, 7) is 0. The van der Waals surface area contributed by atoms with Gasteiger partial charge in [-0.15, -0.1) is 0 Å². The van der Waals surface area contributed by atoms with Crippen LogP contribution in [0.1, 0.15) is 22.1 Å². The molecule has 0 spiro atoms. The molecule has 214 valence electrons. The standard InChI is InChI=1S/C32H28N2O7Se/c35-24-18-19-34(32(38)33-24)30-25(36)26-27(40-30)28(41-31(37)21-12-6-2-7-13-21)29(42-22-14-8-3-9-15-22)23(39-26)17-16-20-10-4-1-5-11-20/h1-19,23,25-30,36H,(H,33,35,38)/b17-16+/t23-,25-,26+,27+,28-,29-,30-/m1/s1. The second kappa shape index (κ2) is 12.4. The molecule has 3 aromatic carbocycles. The molecule has 2 N–H and O–H groups in total. The first-order chi connectivity index (χ1) is 20.5. The average Bonchev–Trinajstić information content (AvgIpc) is 3.34. The Kier molecular flexibility index (Phi) is 8.32. The van der Waals surface area contributed by atoms with Crippen LogP contribution in [-0.4, -0.2) is 66.1 Å². The Morgan fingerprint density at radius 1 is 0.881 bits per heavy atom. The van der Waals surface area contributed by atoms with Crippen LogP contribution in [0.25, 0.3) is 6.08 Å². The van der Waals surface area contributed by atoms with E-state index < -0.39 is 54.0 Å². The zero-order valence-corrected chi connectivity index (χ0v) is 24.0. The molecule has 3 heterocycles. The van der Waals surface area contributed by atoms with Crippen LogP contribution >= 0.6 is 0 Å². The molecule has 1 aromatic heterocycles. The maximum atomic E-state index is 13.4. The van der Waals surface area contributed by atoms with Crippen molar-refractivity contribution in [3.05, 3.63) is 141 Å². The van der Waals surface area contributed by atoms with E-state index in [1.165, 1.54) is 12.3 Å². The number of esters is 1. The van der Waals surface area contributed by atoms with Gasteiger partial charge in [0.25, 0.3) is 0 Å². The number of aromatic nitrogens is 2. The van der Waals surface area contributed by atoms with Crippen LogP contribution in [0.4, 0.5) is 0 Å². The Hall–Kier alpha value is -4.05. The Morgan fingerprint density at radius 3 is 2.24 bits per heavy atom. The molecule has 2 saturated heterocycles. The van der Waals surface area contributed by atoms with Crippen molar-refractivity contribution in [2.24, 2.45) is 0 Å². The van der Waals surface area contributed by atoms with Crippen molar-refractivity contribution in [1.29, 1.82) is 0 Å². The van der Waals surface area contributed by atoms with E-state index in [2.05, 4.69) is 4.98 Å². The Morgan fingerprint density at radius 2 is 1.55 bits per heavy atom. The molecule has 2 fully saturated rings. The fourth-order valence-corrected chi connectivity index (χ4v) is 7.85. The zero-order valence-electron chi connectivity index (χ0n) is 22.3. The summed E-state index contributed by atoms with van der Waals surface area (Å²) in [6, 6.07) is 29.5. The van der Waals surface area contributed by atoms with Crippen LogP contribution in [0.2, 0.25) is 4.82 Å². The fraction of sp³-hybridized carbons (Fsp3) is 0.219. The first kappa shape index (κ1) is 28.1. The number of ether oxygens (including phenoxy) is 3. The number of nitrogens with zero attached hydrogens (tertiary/aromatic N) is 1. The Labute approximate surface area is 247 Å². The summed E-state index contributed by atoms with van der Waals surface area (Å²) in [7, 11) is 0. The number of aliphatic hydroxyl groups excluding tert-OH is 1. The molecule has 2 aliphatic heterocycles. The SMILES string of the molecule is O=C(O[C@@H]1[C@H]2O[C@@H](n3ccc(=O)[nH]c3=O)[C@H](O)[C@@H]2O[C@H](/C=C/c2ccccc2)[C@H]1[Se]c1ccccc1)c1ccccc1. The summed E-state index contributed by atoms with van der Waals surface area (Å²) in [5, 5.41) is 11.4. The normalized spacial score (nSPS) is 27.0. The van der Waals surface area contributed by atoms with E-state index in [0.29, 0.717) is 5.56 Å². The number of nitrogens with one attached hydrogen (secondary N) is 1. The molecule has 42 heavy (non-hydrogen) atoms. The molecule has 0 amide bonds. The number of aliphatic hydroxyl groups is 1. The van der Waals surface area contributed by atoms with Gasteiger partial charge in [0, 0.05) is 0 Å². The second-order valence-electron chi connectivity index (χ2n) is 9.97. The predicted octanol–water partition coefficient (Wildman–Crippen LogP) is 2.32. The number of H-pyrrole nitrogens is 1. The van der Waals surface area contributed by atoms with E-state index in [9.17, 15) is 19.5 Å². The van der Waals surface area contributed by atoms with Gasteiger partial charge in [-0.25, -0.2) is 0 Å². The number of carbonyl (C=O) groups excluding carboxylic acids is 1. The second-order valence-corrected chi connectivity index (χ2v) is 12.6. The number of hydrogen-bond donors (Lipinski definition) is 2. The van der Waals surface area contributed by atoms with Crippen LogP contribution in [0, 0.1) is 0 Å². The molecule has 0 saturated carbocycles. The van der Waals surface area contributed by atoms with Gasteiger partial charge < -0.3 is 0 Å². The Bertz CT molecular complexity index is 1660. The molecule has 10 heteroatoms. The molecule has 2 aliphatic rings. The molecule has 0 bridgehead atoms. The fourth-order valence-electron chi connectivity index (χ4n) is 5.20. The number of carbonyl (C=O) groups is 1. The summed E-state index contributed by atoms with van der Waals surface area (Å²) >= 11 is -0.249. The minimum absolute atomic E-state index is 0.249. The number of aromatic amines is 1. The van der Waals surface area contributed by atoms with Crippen LogP contribution in [0.5, 0.6) is 0 Å². The summed E-state index contributed by atoms with van der Waals surface area (Å²) in [5.41, 5.74) is 0.0557. The zero-order chi connectivity index (χ0) is 29.1.